The minimum Gasteiger partial charge on any atom is -0.328 e. The van der Waals surface area contributed by atoms with Crippen LogP contribution in [0.1, 0.15) is 78.6 Å². The summed E-state index contributed by atoms with van der Waals surface area (Å²) in [7, 11) is 0. The SMILES string of the molecule is CCCCCCCCCC(N)CC(C)C. The molecule has 92 valence electrons. The highest BCUT2D eigenvalue weighted by molar-refractivity contribution is 4.63. The van der Waals surface area contributed by atoms with Crippen LogP contribution in [-0.2, 0) is 0 Å². The maximum atomic E-state index is 6.04. The summed E-state index contributed by atoms with van der Waals surface area (Å²) in [4.78, 5) is 0. The zero-order chi connectivity index (χ0) is 11.5. The fourth-order valence-corrected chi connectivity index (χ4v) is 2.09. The molecule has 0 aliphatic rings. The van der Waals surface area contributed by atoms with E-state index >= 15 is 0 Å². The summed E-state index contributed by atoms with van der Waals surface area (Å²) in [5, 5.41) is 0. The molecule has 0 radical (unpaired) electrons. The molecular weight excluding hydrogens is 182 g/mol. The molecule has 0 heterocycles. The van der Waals surface area contributed by atoms with Gasteiger partial charge in [0, 0.05) is 6.04 Å². The van der Waals surface area contributed by atoms with Crippen LogP contribution in [0.15, 0.2) is 0 Å². The van der Waals surface area contributed by atoms with Gasteiger partial charge in [-0.3, -0.25) is 0 Å². The maximum absolute atomic E-state index is 6.04. The third kappa shape index (κ3) is 11.9. The molecule has 0 spiro atoms. The first kappa shape index (κ1) is 15.0. The van der Waals surface area contributed by atoms with Gasteiger partial charge in [0.05, 0.1) is 0 Å². The molecule has 0 saturated heterocycles. The molecule has 0 aliphatic heterocycles. The first-order valence-electron chi connectivity index (χ1n) is 6.92. The van der Waals surface area contributed by atoms with Gasteiger partial charge in [-0.05, 0) is 18.8 Å². The van der Waals surface area contributed by atoms with Crippen LogP contribution in [0.25, 0.3) is 0 Å². The molecule has 0 rings (SSSR count). The molecule has 1 unspecified atom stereocenters. The monoisotopic (exact) mass is 213 g/mol. The molecule has 1 nitrogen and oxygen atoms in total. The standard InChI is InChI=1S/C14H31N/c1-4-5-6-7-8-9-10-11-14(15)12-13(2)3/h13-14H,4-12,15H2,1-3H3. The van der Waals surface area contributed by atoms with E-state index in [1.165, 1.54) is 57.8 Å². The van der Waals surface area contributed by atoms with Crippen molar-refractivity contribution < 1.29 is 0 Å². The second kappa shape index (κ2) is 10.5. The lowest BCUT2D eigenvalue weighted by Gasteiger charge is -2.13. The smallest absolute Gasteiger partial charge is 0.00412 e. The summed E-state index contributed by atoms with van der Waals surface area (Å²) in [5.41, 5.74) is 6.04. The highest BCUT2D eigenvalue weighted by Crippen LogP contribution is 2.12. The zero-order valence-corrected chi connectivity index (χ0v) is 11.1. The quantitative estimate of drug-likeness (QED) is 0.531. The van der Waals surface area contributed by atoms with Crippen LogP contribution in [-0.4, -0.2) is 6.04 Å². The van der Waals surface area contributed by atoms with E-state index in [0.717, 1.165) is 5.92 Å². The lowest BCUT2D eigenvalue weighted by atomic mass is 9.99. The van der Waals surface area contributed by atoms with Crippen LogP contribution >= 0.6 is 0 Å². The van der Waals surface area contributed by atoms with Gasteiger partial charge >= 0.3 is 0 Å². The van der Waals surface area contributed by atoms with Gasteiger partial charge in [0.1, 0.15) is 0 Å². The highest BCUT2D eigenvalue weighted by Gasteiger charge is 2.04. The molecule has 0 saturated carbocycles. The van der Waals surface area contributed by atoms with E-state index in [1.54, 1.807) is 0 Å². The predicted molar refractivity (Wildman–Crippen MR) is 70.0 cm³/mol. The van der Waals surface area contributed by atoms with Crippen molar-refractivity contribution in [2.24, 2.45) is 11.7 Å². The van der Waals surface area contributed by atoms with Gasteiger partial charge in [0.25, 0.3) is 0 Å². The minimum atomic E-state index is 0.445. The molecule has 0 aromatic carbocycles. The molecule has 0 fully saturated rings. The Balaban J connectivity index is 3.09. The number of unbranched alkanes of at least 4 members (excludes halogenated alkanes) is 6. The Kier molecular flexibility index (Phi) is 10.4. The Morgan fingerprint density at radius 3 is 1.93 bits per heavy atom. The summed E-state index contributed by atoms with van der Waals surface area (Å²) in [5.74, 6) is 0.754. The first-order valence-corrected chi connectivity index (χ1v) is 6.92. The Labute approximate surface area is 96.8 Å². The number of hydrogen-bond acceptors (Lipinski definition) is 1. The van der Waals surface area contributed by atoms with Crippen molar-refractivity contribution in [1.82, 2.24) is 0 Å². The first-order chi connectivity index (χ1) is 7.16. The van der Waals surface area contributed by atoms with Gasteiger partial charge in [-0.25, -0.2) is 0 Å². The van der Waals surface area contributed by atoms with E-state index in [9.17, 15) is 0 Å². The second-order valence-corrected chi connectivity index (χ2v) is 5.30. The van der Waals surface area contributed by atoms with E-state index in [2.05, 4.69) is 20.8 Å². The summed E-state index contributed by atoms with van der Waals surface area (Å²) in [6, 6.07) is 0.445. The summed E-state index contributed by atoms with van der Waals surface area (Å²) in [6.45, 7) is 6.78. The second-order valence-electron chi connectivity index (χ2n) is 5.30. The van der Waals surface area contributed by atoms with Crippen molar-refractivity contribution in [2.75, 3.05) is 0 Å². The number of nitrogens with two attached hydrogens (primary N) is 1. The summed E-state index contributed by atoms with van der Waals surface area (Å²) < 4.78 is 0. The van der Waals surface area contributed by atoms with Crippen LogP contribution in [0.3, 0.4) is 0 Å². The predicted octanol–water partition coefficient (Wildman–Crippen LogP) is 4.50. The van der Waals surface area contributed by atoms with E-state index in [-0.39, 0.29) is 0 Å². The Morgan fingerprint density at radius 1 is 0.867 bits per heavy atom. The summed E-state index contributed by atoms with van der Waals surface area (Å²) in [6.07, 6.45) is 12.2. The molecule has 0 aromatic rings. The highest BCUT2D eigenvalue weighted by atomic mass is 14.6. The van der Waals surface area contributed by atoms with Crippen molar-refractivity contribution in [1.29, 1.82) is 0 Å². The Morgan fingerprint density at radius 2 is 1.40 bits per heavy atom. The molecule has 15 heavy (non-hydrogen) atoms. The normalized spacial score (nSPS) is 13.4. The Bertz CT molecular complexity index is 121. The minimum absolute atomic E-state index is 0.445. The number of rotatable bonds is 10. The van der Waals surface area contributed by atoms with Crippen LogP contribution in [0.5, 0.6) is 0 Å². The van der Waals surface area contributed by atoms with Gasteiger partial charge in [-0.2, -0.15) is 0 Å². The van der Waals surface area contributed by atoms with Crippen molar-refractivity contribution in [3.63, 3.8) is 0 Å². The maximum Gasteiger partial charge on any atom is 0.00412 e. The molecule has 0 amide bonds. The fourth-order valence-electron chi connectivity index (χ4n) is 2.09. The van der Waals surface area contributed by atoms with E-state index in [1.807, 2.05) is 0 Å². The average Bonchev–Trinajstić information content (AvgIpc) is 2.15. The van der Waals surface area contributed by atoms with Crippen molar-refractivity contribution in [2.45, 2.75) is 84.6 Å². The number of hydrogen-bond donors (Lipinski definition) is 1. The van der Waals surface area contributed by atoms with E-state index in [4.69, 9.17) is 5.73 Å². The van der Waals surface area contributed by atoms with Gasteiger partial charge in [0.15, 0.2) is 0 Å². The van der Waals surface area contributed by atoms with Gasteiger partial charge in [0.2, 0.25) is 0 Å². The summed E-state index contributed by atoms with van der Waals surface area (Å²) >= 11 is 0. The van der Waals surface area contributed by atoms with Gasteiger partial charge < -0.3 is 5.73 Å². The third-order valence-corrected chi connectivity index (χ3v) is 2.95. The molecule has 1 heteroatoms. The van der Waals surface area contributed by atoms with Crippen molar-refractivity contribution >= 4 is 0 Å². The Hall–Kier alpha value is -0.0400. The molecule has 2 N–H and O–H groups in total. The molecule has 0 aliphatic carbocycles. The molecule has 0 aromatic heterocycles. The fraction of sp³-hybridized carbons (Fsp3) is 1.00. The molecule has 1 atom stereocenters. The van der Waals surface area contributed by atoms with E-state index < -0.39 is 0 Å². The average molecular weight is 213 g/mol. The lowest BCUT2D eigenvalue weighted by Crippen LogP contribution is -2.21. The zero-order valence-electron chi connectivity index (χ0n) is 11.1. The third-order valence-electron chi connectivity index (χ3n) is 2.95. The van der Waals surface area contributed by atoms with Crippen LogP contribution in [0, 0.1) is 5.92 Å². The van der Waals surface area contributed by atoms with Gasteiger partial charge in [-0.15, -0.1) is 0 Å². The molecular formula is C14H31N. The topological polar surface area (TPSA) is 26.0 Å². The van der Waals surface area contributed by atoms with Crippen LogP contribution < -0.4 is 5.73 Å². The molecule has 0 bridgehead atoms. The largest absolute Gasteiger partial charge is 0.328 e. The van der Waals surface area contributed by atoms with Crippen LogP contribution in [0.4, 0.5) is 0 Å². The van der Waals surface area contributed by atoms with Crippen molar-refractivity contribution in [3.05, 3.63) is 0 Å². The van der Waals surface area contributed by atoms with Gasteiger partial charge in [-0.1, -0.05) is 65.7 Å². The lowest BCUT2D eigenvalue weighted by molar-refractivity contribution is 0.451. The van der Waals surface area contributed by atoms with Crippen molar-refractivity contribution in [3.8, 4) is 0 Å². The van der Waals surface area contributed by atoms with E-state index in [0.29, 0.717) is 6.04 Å². The van der Waals surface area contributed by atoms with Crippen LogP contribution in [0.2, 0.25) is 0 Å².